The molecule has 0 aliphatic rings. The molecule has 0 fully saturated rings. The fourth-order valence-corrected chi connectivity index (χ4v) is 4.19. The molecule has 0 aliphatic carbocycles. The maximum absolute atomic E-state index is 12.8. The Morgan fingerprint density at radius 3 is 2.59 bits per heavy atom. The van der Waals surface area contributed by atoms with E-state index in [0.717, 1.165) is 15.6 Å². The lowest BCUT2D eigenvalue weighted by molar-refractivity contribution is 0.102. The number of aromatic nitrogens is 1. The number of hydrogen-bond donors (Lipinski definition) is 3. The van der Waals surface area contributed by atoms with E-state index >= 15 is 0 Å². The standard InChI is InChI=1S/C24H18BrClN4O3S/c1-33-20-12-14(2-11-19(20)31)13-27-30-24-28-21(15-5-9-18(26)10-6-15)23(34-24)29-22(32)16-3-7-17(25)8-4-16/h2-13,31H,1H3,(H,28,30)(H,29,32)/b27-13+. The number of hydrazone groups is 1. The second-order valence-corrected chi connectivity index (χ2v) is 9.32. The quantitative estimate of drug-likeness (QED) is 0.175. The normalized spacial score (nSPS) is 10.9. The number of methoxy groups -OCH3 is 1. The molecule has 3 N–H and O–H groups in total. The van der Waals surface area contributed by atoms with Gasteiger partial charge in [0.2, 0.25) is 5.13 Å². The van der Waals surface area contributed by atoms with E-state index in [4.69, 9.17) is 16.3 Å². The third kappa shape index (κ3) is 5.74. The van der Waals surface area contributed by atoms with Gasteiger partial charge >= 0.3 is 0 Å². The lowest BCUT2D eigenvalue weighted by atomic mass is 10.1. The predicted octanol–water partition coefficient (Wildman–Crippen LogP) is 6.64. The zero-order chi connectivity index (χ0) is 24.1. The van der Waals surface area contributed by atoms with Gasteiger partial charge in [0, 0.05) is 20.6 Å². The van der Waals surface area contributed by atoms with Gasteiger partial charge in [-0.25, -0.2) is 4.98 Å². The Hall–Kier alpha value is -3.40. The summed E-state index contributed by atoms with van der Waals surface area (Å²) in [6.45, 7) is 0. The maximum atomic E-state index is 12.8. The number of carbonyl (C=O) groups is 1. The number of ether oxygens (including phenoxy) is 1. The Kier molecular flexibility index (Phi) is 7.46. The highest BCUT2D eigenvalue weighted by molar-refractivity contribution is 9.10. The number of carbonyl (C=O) groups excluding carboxylic acids is 1. The van der Waals surface area contributed by atoms with E-state index in [9.17, 15) is 9.90 Å². The summed E-state index contributed by atoms with van der Waals surface area (Å²) in [6.07, 6.45) is 1.57. The summed E-state index contributed by atoms with van der Waals surface area (Å²) in [4.78, 5) is 17.4. The van der Waals surface area contributed by atoms with Crippen LogP contribution in [0.5, 0.6) is 11.5 Å². The van der Waals surface area contributed by atoms with Gasteiger partial charge < -0.3 is 15.2 Å². The van der Waals surface area contributed by atoms with Crippen LogP contribution in [0.4, 0.5) is 10.1 Å². The van der Waals surface area contributed by atoms with Gasteiger partial charge in [0.1, 0.15) is 10.7 Å². The van der Waals surface area contributed by atoms with Crippen molar-refractivity contribution in [3.8, 4) is 22.8 Å². The topological polar surface area (TPSA) is 95.8 Å². The molecule has 0 spiro atoms. The van der Waals surface area contributed by atoms with E-state index in [1.54, 1.807) is 42.6 Å². The molecular formula is C24H18BrClN4O3S. The second-order valence-electron chi connectivity index (χ2n) is 6.97. The SMILES string of the molecule is COc1cc(/C=N/Nc2nc(-c3ccc(Cl)cc3)c(NC(=O)c3ccc(Br)cc3)s2)ccc1O. The van der Waals surface area contributed by atoms with Crippen molar-refractivity contribution in [3.05, 3.63) is 87.4 Å². The Morgan fingerprint density at radius 2 is 1.88 bits per heavy atom. The van der Waals surface area contributed by atoms with Crippen LogP contribution in [0.3, 0.4) is 0 Å². The number of nitrogens with zero attached hydrogens (tertiary/aromatic N) is 2. The molecule has 0 saturated heterocycles. The molecule has 0 unspecified atom stereocenters. The van der Waals surface area contributed by atoms with Crippen LogP contribution in [0.2, 0.25) is 5.02 Å². The van der Waals surface area contributed by atoms with E-state index in [2.05, 4.69) is 36.8 Å². The summed E-state index contributed by atoms with van der Waals surface area (Å²) in [6, 6.07) is 19.2. The van der Waals surface area contributed by atoms with Crippen molar-refractivity contribution >= 4 is 61.1 Å². The number of rotatable bonds is 7. The molecule has 172 valence electrons. The molecular weight excluding hydrogens is 540 g/mol. The number of amides is 1. The number of thiazole rings is 1. The number of aromatic hydroxyl groups is 1. The third-order valence-corrected chi connectivity index (χ3v) is 6.31. The number of phenolic OH excluding ortho intramolecular Hbond substituents is 1. The van der Waals surface area contributed by atoms with Gasteiger partial charge in [-0.2, -0.15) is 5.10 Å². The second kappa shape index (κ2) is 10.7. The van der Waals surface area contributed by atoms with Crippen molar-refractivity contribution < 1.29 is 14.6 Å². The first-order valence-corrected chi connectivity index (χ1v) is 11.9. The number of phenols is 1. The lowest BCUT2D eigenvalue weighted by Gasteiger charge is -2.06. The number of benzene rings is 3. The predicted molar refractivity (Wildman–Crippen MR) is 141 cm³/mol. The molecule has 1 heterocycles. The monoisotopic (exact) mass is 556 g/mol. The zero-order valence-electron chi connectivity index (χ0n) is 17.8. The number of hydrogen-bond acceptors (Lipinski definition) is 7. The highest BCUT2D eigenvalue weighted by atomic mass is 79.9. The Balaban J connectivity index is 1.59. The van der Waals surface area contributed by atoms with Crippen LogP contribution in [0.1, 0.15) is 15.9 Å². The van der Waals surface area contributed by atoms with Gasteiger partial charge in [-0.3, -0.25) is 10.2 Å². The van der Waals surface area contributed by atoms with Crippen molar-refractivity contribution in [2.75, 3.05) is 17.9 Å². The Labute approximate surface area is 213 Å². The largest absolute Gasteiger partial charge is 0.504 e. The highest BCUT2D eigenvalue weighted by Crippen LogP contribution is 2.36. The van der Waals surface area contributed by atoms with Crippen LogP contribution < -0.4 is 15.5 Å². The van der Waals surface area contributed by atoms with E-state index in [1.165, 1.54) is 24.5 Å². The number of halogens is 2. The summed E-state index contributed by atoms with van der Waals surface area (Å²) < 4.78 is 6.00. The lowest BCUT2D eigenvalue weighted by Crippen LogP contribution is -2.11. The molecule has 0 atom stereocenters. The van der Waals surface area contributed by atoms with E-state index < -0.39 is 0 Å². The highest BCUT2D eigenvalue weighted by Gasteiger charge is 2.17. The smallest absolute Gasteiger partial charge is 0.256 e. The summed E-state index contributed by atoms with van der Waals surface area (Å²) in [5, 5.41) is 18.5. The van der Waals surface area contributed by atoms with Crippen LogP contribution in [0.25, 0.3) is 11.3 Å². The average molecular weight is 558 g/mol. The molecule has 4 aromatic rings. The minimum atomic E-state index is -0.252. The summed E-state index contributed by atoms with van der Waals surface area (Å²) in [5.74, 6) is 0.144. The first kappa shape index (κ1) is 23.7. The average Bonchev–Trinajstić information content (AvgIpc) is 3.23. The first-order chi connectivity index (χ1) is 16.4. The van der Waals surface area contributed by atoms with Gasteiger partial charge in [0.15, 0.2) is 11.5 Å². The molecule has 7 nitrogen and oxygen atoms in total. The van der Waals surface area contributed by atoms with Crippen LogP contribution in [0, 0.1) is 0 Å². The molecule has 0 aliphatic heterocycles. The molecule has 4 rings (SSSR count). The van der Waals surface area contributed by atoms with Gasteiger partial charge in [-0.05, 0) is 60.2 Å². The van der Waals surface area contributed by atoms with Crippen LogP contribution in [-0.2, 0) is 0 Å². The molecule has 1 amide bonds. The summed E-state index contributed by atoms with van der Waals surface area (Å²) in [5.41, 5.74) is 5.53. The molecule has 0 bridgehead atoms. The molecule has 3 aromatic carbocycles. The van der Waals surface area contributed by atoms with Gasteiger partial charge in [0.25, 0.3) is 5.91 Å². The van der Waals surface area contributed by atoms with Crippen molar-refractivity contribution in [1.82, 2.24) is 4.98 Å². The van der Waals surface area contributed by atoms with E-state index in [-0.39, 0.29) is 11.7 Å². The van der Waals surface area contributed by atoms with Gasteiger partial charge in [-0.1, -0.05) is 51.0 Å². The van der Waals surface area contributed by atoms with Crippen LogP contribution in [-0.4, -0.2) is 29.3 Å². The van der Waals surface area contributed by atoms with Gasteiger partial charge in [-0.15, -0.1) is 0 Å². The van der Waals surface area contributed by atoms with Crippen molar-refractivity contribution in [1.29, 1.82) is 0 Å². The number of anilines is 2. The minimum Gasteiger partial charge on any atom is -0.504 e. The maximum Gasteiger partial charge on any atom is 0.256 e. The molecule has 10 heteroatoms. The van der Waals surface area contributed by atoms with Crippen molar-refractivity contribution in [2.24, 2.45) is 5.10 Å². The van der Waals surface area contributed by atoms with Crippen molar-refractivity contribution in [2.45, 2.75) is 0 Å². The van der Waals surface area contributed by atoms with E-state index in [1.807, 2.05) is 24.3 Å². The van der Waals surface area contributed by atoms with Crippen LogP contribution >= 0.6 is 38.9 Å². The van der Waals surface area contributed by atoms with Crippen molar-refractivity contribution in [3.63, 3.8) is 0 Å². The molecule has 1 aromatic heterocycles. The fourth-order valence-electron chi connectivity index (χ4n) is 2.97. The fraction of sp³-hybridized carbons (Fsp3) is 0.0417. The zero-order valence-corrected chi connectivity index (χ0v) is 20.9. The third-order valence-electron chi connectivity index (χ3n) is 4.66. The summed E-state index contributed by atoms with van der Waals surface area (Å²) >= 11 is 10.7. The molecule has 34 heavy (non-hydrogen) atoms. The molecule has 0 radical (unpaired) electrons. The van der Waals surface area contributed by atoms with E-state index in [0.29, 0.717) is 32.2 Å². The van der Waals surface area contributed by atoms with Crippen LogP contribution in [0.15, 0.2) is 76.3 Å². The Bertz CT molecular complexity index is 1340. The summed E-state index contributed by atoms with van der Waals surface area (Å²) in [7, 11) is 1.48. The Morgan fingerprint density at radius 1 is 1.15 bits per heavy atom. The minimum absolute atomic E-state index is 0.0475. The molecule has 0 saturated carbocycles. The van der Waals surface area contributed by atoms with Gasteiger partial charge in [0.05, 0.1) is 13.3 Å². The first-order valence-electron chi connectivity index (χ1n) is 9.92. The number of nitrogens with one attached hydrogen (secondary N) is 2.